The van der Waals surface area contributed by atoms with Crippen molar-refractivity contribution in [2.45, 2.75) is 17.7 Å². The molecule has 7 nitrogen and oxygen atoms in total. The molecule has 0 fully saturated rings. The lowest BCUT2D eigenvalue weighted by Crippen LogP contribution is -2.36. The van der Waals surface area contributed by atoms with Gasteiger partial charge in [0.1, 0.15) is 0 Å². The maximum Gasteiger partial charge on any atom is 0.289 e. The second-order valence-electron chi connectivity index (χ2n) is 5.25. The second kappa shape index (κ2) is 5.54. The summed E-state index contributed by atoms with van der Waals surface area (Å²) in [5, 5.41) is 11.2. The van der Waals surface area contributed by atoms with Gasteiger partial charge >= 0.3 is 0 Å². The van der Waals surface area contributed by atoms with Gasteiger partial charge in [-0.1, -0.05) is 18.2 Å². The molecular weight excluding hydrogens is 318 g/mol. The zero-order chi connectivity index (χ0) is 16.6. The number of fused-ring (bicyclic) bond motifs is 1. The third-order valence-corrected chi connectivity index (χ3v) is 5.73. The molecule has 2 aromatic rings. The van der Waals surface area contributed by atoms with Crippen LogP contribution in [-0.2, 0) is 16.4 Å². The van der Waals surface area contributed by atoms with E-state index in [0.29, 0.717) is 24.2 Å². The van der Waals surface area contributed by atoms with Crippen molar-refractivity contribution in [3.05, 3.63) is 58.1 Å². The van der Waals surface area contributed by atoms with E-state index in [2.05, 4.69) is 0 Å². The van der Waals surface area contributed by atoms with Gasteiger partial charge in [0, 0.05) is 18.3 Å². The lowest BCUT2D eigenvalue weighted by atomic mass is 10.0. The van der Waals surface area contributed by atoms with E-state index in [1.807, 2.05) is 0 Å². The van der Waals surface area contributed by atoms with E-state index < -0.39 is 20.6 Å². The molecule has 0 aliphatic carbocycles. The van der Waals surface area contributed by atoms with E-state index in [0.717, 1.165) is 5.56 Å². The number of rotatable bonds is 3. The summed E-state index contributed by atoms with van der Waals surface area (Å²) in [6, 6.07) is 10.5. The number of hydrogen-bond donors (Lipinski definition) is 1. The number of anilines is 2. The predicted octanol–water partition coefficient (Wildman–Crippen LogP) is 2.32. The first-order valence-corrected chi connectivity index (χ1v) is 8.50. The standard InChI is InChI=1S/C15H15N3O4S/c16-12-6-3-8-13-11(12)5-4-10-17(13)23(21,22)15-9-2-1-7-14(15)18(19)20/h1-3,6-9H,4-5,10,16H2. The molecule has 1 aliphatic heterocycles. The average Bonchev–Trinajstić information content (AvgIpc) is 2.54. The summed E-state index contributed by atoms with van der Waals surface area (Å²) in [5.41, 5.74) is 7.30. The first kappa shape index (κ1) is 15.3. The molecule has 0 unspecified atom stereocenters. The van der Waals surface area contributed by atoms with E-state index in [4.69, 9.17) is 5.73 Å². The molecule has 1 heterocycles. The highest BCUT2D eigenvalue weighted by atomic mass is 32.2. The van der Waals surface area contributed by atoms with Crippen molar-refractivity contribution in [2.24, 2.45) is 0 Å². The van der Waals surface area contributed by atoms with Crippen LogP contribution in [0.3, 0.4) is 0 Å². The van der Waals surface area contributed by atoms with E-state index >= 15 is 0 Å². The number of sulfonamides is 1. The Balaban J connectivity index is 2.17. The molecule has 0 bridgehead atoms. The molecule has 0 atom stereocenters. The van der Waals surface area contributed by atoms with Crippen LogP contribution in [0.15, 0.2) is 47.4 Å². The third-order valence-electron chi connectivity index (χ3n) is 3.87. The summed E-state index contributed by atoms with van der Waals surface area (Å²) in [4.78, 5) is 10.2. The molecule has 0 amide bonds. The van der Waals surface area contributed by atoms with Gasteiger partial charge in [-0.05, 0) is 36.6 Å². The first-order valence-electron chi connectivity index (χ1n) is 7.06. The van der Waals surface area contributed by atoms with Crippen LogP contribution in [0.25, 0.3) is 0 Å². The van der Waals surface area contributed by atoms with Crippen molar-refractivity contribution in [3.8, 4) is 0 Å². The van der Waals surface area contributed by atoms with E-state index in [1.165, 1.54) is 28.6 Å². The summed E-state index contributed by atoms with van der Waals surface area (Å²) < 4.78 is 27.1. The van der Waals surface area contributed by atoms with Crippen molar-refractivity contribution in [3.63, 3.8) is 0 Å². The minimum atomic E-state index is -4.03. The minimum Gasteiger partial charge on any atom is -0.398 e. The Morgan fingerprint density at radius 2 is 1.87 bits per heavy atom. The zero-order valence-corrected chi connectivity index (χ0v) is 13.0. The van der Waals surface area contributed by atoms with E-state index in [9.17, 15) is 18.5 Å². The largest absolute Gasteiger partial charge is 0.398 e. The van der Waals surface area contributed by atoms with Crippen LogP contribution in [0.2, 0.25) is 0 Å². The highest BCUT2D eigenvalue weighted by Gasteiger charge is 2.34. The SMILES string of the molecule is Nc1cccc2c1CCCN2S(=O)(=O)c1ccccc1[N+](=O)[O-]. The molecule has 0 radical (unpaired) electrons. The predicted molar refractivity (Wildman–Crippen MR) is 86.8 cm³/mol. The number of nitro groups is 1. The van der Waals surface area contributed by atoms with E-state index in [-0.39, 0.29) is 11.4 Å². The third kappa shape index (κ3) is 2.50. The number of para-hydroxylation sites is 1. The Hall–Kier alpha value is -2.61. The zero-order valence-electron chi connectivity index (χ0n) is 12.2. The maximum absolute atomic E-state index is 13.0. The van der Waals surface area contributed by atoms with Crippen LogP contribution >= 0.6 is 0 Å². The molecule has 120 valence electrons. The molecular formula is C15H15N3O4S. The first-order chi connectivity index (χ1) is 10.9. The summed E-state index contributed by atoms with van der Waals surface area (Å²) in [6.45, 7) is 0.269. The Morgan fingerprint density at radius 3 is 2.61 bits per heavy atom. The molecule has 23 heavy (non-hydrogen) atoms. The number of nitrogens with zero attached hydrogens (tertiary/aromatic N) is 2. The van der Waals surface area contributed by atoms with Crippen LogP contribution < -0.4 is 10.0 Å². The molecule has 0 saturated heterocycles. The van der Waals surface area contributed by atoms with Gasteiger partial charge in [0.05, 0.1) is 10.6 Å². The second-order valence-corrected chi connectivity index (χ2v) is 7.08. The molecule has 8 heteroatoms. The smallest absolute Gasteiger partial charge is 0.289 e. The van der Waals surface area contributed by atoms with Gasteiger partial charge in [0.15, 0.2) is 4.90 Å². The van der Waals surface area contributed by atoms with E-state index in [1.54, 1.807) is 18.2 Å². The van der Waals surface area contributed by atoms with Crippen molar-refractivity contribution in [1.82, 2.24) is 0 Å². The molecule has 0 spiro atoms. The summed E-state index contributed by atoms with van der Waals surface area (Å²) >= 11 is 0. The van der Waals surface area contributed by atoms with Gasteiger partial charge in [-0.2, -0.15) is 0 Å². The Labute approximate surface area is 133 Å². The topological polar surface area (TPSA) is 107 Å². The Morgan fingerprint density at radius 1 is 1.13 bits per heavy atom. The van der Waals surface area contributed by atoms with Crippen molar-refractivity contribution in [2.75, 3.05) is 16.6 Å². The molecule has 3 rings (SSSR count). The highest BCUT2D eigenvalue weighted by Crippen LogP contribution is 2.36. The van der Waals surface area contributed by atoms with Crippen LogP contribution in [0.4, 0.5) is 17.1 Å². The monoisotopic (exact) mass is 333 g/mol. The lowest BCUT2D eigenvalue weighted by molar-refractivity contribution is -0.387. The summed E-state index contributed by atoms with van der Waals surface area (Å²) in [6.07, 6.45) is 1.30. The summed E-state index contributed by atoms with van der Waals surface area (Å²) in [5.74, 6) is 0. The lowest BCUT2D eigenvalue weighted by Gasteiger charge is -2.31. The molecule has 0 saturated carbocycles. The average molecular weight is 333 g/mol. The minimum absolute atomic E-state index is 0.269. The quantitative estimate of drug-likeness (QED) is 0.527. The number of nitro benzene ring substituents is 1. The normalized spacial score (nSPS) is 14.3. The van der Waals surface area contributed by atoms with Gasteiger partial charge in [0.25, 0.3) is 15.7 Å². The van der Waals surface area contributed by atoms with Gasteiger partial charge in [-0.3, -0.25) is 14.4 Å². The Bertz CT molecular complexity index is 880. The molecule has 2 N–H and O–H groups in total. The number of nitrogen functional groups attached to an aromatic ring is 1. The highest BCUT2D eigenvalue weighted by molar-refractivity contribution is 7.93. The fourth-order valence-electron chi connectivity index (χ4n) is 2.81. The van der Waals surface area contributed by atoms with Crippen LogP contribution in [-0.4, -0.2) is 19.9 Å². The molecule has 0 aromatic heterocycles. The fraction of sp³-hybridized carbons (Fsp3) is 0.200. The number of benzene rings is 2. The van der Waals surface area contributed by atoms with Gasteiger partial charge in [-0.15, -0.1) is 0 Å². The van der Waals surface area contributed by atoms with Gasteiger partial charge < -0.3 is 5.73 Å². The van der Waals surface area contributed by atoms with Crippen LogP contribution in [0.1, 0.15) is 12.0 Å². The fourth-order valence-corrected chi connectivity index (χ4v) is 4.51. The summed E-state index contributed by atoms with van der Waals surface area (Å²) in [7, 11) is -4.03. The Kier molecular flexibility index (Phi) is 3.69. The van der Waals surface area contributed by atoms with Crippen molar-refractivity contribution < 1.29 is 13.3 Å². The number of hydrogen-bond acceptors (Lipinski definition) is 5. The number of nitrogens with two attached hydrogens (primary N) is 1. The van der Waals surface area contributed by atoms with Crippen molar-refractivity contribution in [1.29, 1.82) is 0 Å². The molecule has 2 aromatic carbocycles. The van der Waals surface area contributed by atoms with Gasteiger partial charge in [-0.25, -0.2) is 8.42 Å². The van der Waals surface area contributed by atoms with Crippen LogP contribution in [0.5, 0.6) is 0 Å². The molecule has 1 aliphatic rings. The van der Waals surface area contributed by atoms with Crippen LogP contribution in [0, 0.1) is 10.1 Å². The maximum atomic E-state index is 13.0. The van der Waals surface area contributed by atoms with Crippen molar-refractivity contribution >= 4 is 27.1 Å². The van der Waals surface area contributed by atoms with Gasteiger partial charge in [0.2, 0.25) is 0 Å².